The Balaban J connectivity index is 0.993. The number of nitrogens with zero attached hydrogens (tertiary/aromatic N) is 2. The lowest BCUT2D eigenvalue weighted by atomic mass is 9.79. The van der Waals surface area contributed by atoms with Crippen LogP contribution in [0.2, 0.25) is 0 Å². The molecule has 3 aliphatic rings. The van der Waals surface area contributed by atoms with E-state index < -0.39 is 0 Å². The Hall–Kier alpha value is -6.12. The van der Waals surface area contributed by atoms with Gasteiger partial charge in [0.05, 0.1) is 11.6 Å². The third-order valence-electron chi connectivity index (χ3n) is 12.9. The Kier molecular flexibility index (Phi) is 8.23. The average molecular weight is 723 g/mol. The van der Waals surface area contributed by atoms with Gasteiger partial charge in [-0.15, -0.1) is 0 Å². The third-order valence-corrected chi connectivity index (χ3v) is 12.9. The van der Waals surface area contributed by atoms with Crippen LogP contribution >= 0.6 is 0 Å². The Morgan fingerprint density at radius 1 is 0.518 bits per heavy atom. The van der Waals surface area contributed by atoms with E-state index in [9.17, 15) is 0 Å². The molecule has 2 heteroatoms. The van der Waals surface area contributed by atoms with E-state index in [2.05, 4.69) is 179 Å². The minimum Gasteiger partial charge on any atom is -0.334 e. The molecular formula is C54H46N2. The molecule has 0 N–H and O–H groups in total. The van der Waals surface area contributed by atoms with Crippen LogP contribution in [0.1, 0.15) is 77.7 Å². The zero-order chi connectivity index (χ0) is 37.0. The van der Waals surface area contributed by atoms with Crippen LogP contribution in [-0.4, -0.2) is 9.13 Å². The summed E-state index contributed by atoms with van der Waals surface area (Å²) in [5.74, 6) is 0.464. The van der Waals surface area contributed by atoms with Gasteiger partial charge in [0.15, 0.2) is 0 Å². The first-order chi connectivity index (χ1) is 27.8. The highest BCUT2D eigenvalue weighted by atomic mass is 15.0. The molecule has 2 unspecified atom stereocenters. The Morgan fingerprint density at radius 2 is 1.16 bits per heavy atom. The molecule has 3 aliphatic carbocycles. The molecule has 8 aromatic rings. The van der Waals surface area contributed by atoms with Crippen molar-refractivity contribution < 1.29 is 0 Å². The minimum absolute atomic E-state index is 0.268. The van der Waals surface area contributed by atoms with Crippen LogP contribution in [0.5, 0.6) is 0 Å². The fraction of sp³-hybridized carbons (Fsp3) is 0.185. The quantitative estimate of drug-likeness (QED) is 0.162. The van der Waals surface area contributed by atoms with E-state index in [0.29, 0.717) is 5.92 Å². The molecule has 0 saturated carbocycles. The lowest BCUT2D eigenvalue weighted by Gasteiger charge is -2.32. The maximum Gasteiger partial charge on any atom is 0.0534 e. The molecule has 2 aromatic heterocycles. The molecule has 2 nitrogen and oxygen atoms in total. The van der Waals surface area contributed by atoms with Crippen LogP contribution in [0.15, 0.2) is 164 Å². The largest absolute Gasteiger partial charge is 0.334 e. The highest BCUT2D eigenvalue weighted by Gasteiger charge is 2.29. The highest BCUT2D eigenvalue weighted by Crippen LogP contribution is 2.46. The van der Waals surface area contributed by atoms with Gasteiger partial charge in [0.1, 0.15) is 0 Å². The first kappa shape index (κ1) is 33.2. The number of para-hydroxylation sites is 1. The van der Waals surface area contributed by atoms with Crippen molar-refractivity contribution in [3.8, 4) is 27.9 Å². The number of allylic oxidation sites excluding steroid dienone is 3. The van der Waals surface area contributed by atoms with Gasteiger partial charge < -0.3 is 9.13 Å². The first-order valence-electron chi connectivity index (χ1n) is 20.7. The smallest absolute Gasteiger partial charge is 0.0534 e. The number of aryl methyl sites for hydroxylation is 2. The Labute approximate surface area is 330 Å². The molecule has 0 aliphatic heterocycles. The molecular weight excluding hydrogens is 677 g/mol. The summed E-state index contributed by atoms with van der Waals surface area (Å²) in [6.45, 7) is 0. The van der Waals surface area contributed by atoms with Crippen LogP contribution in [-0.2, 0) is 19.3 Å². The fourth-order valence-electron chi connectivity index (χ4n) is 10.3. The van der Waals surface area contributed by atoms with Crippen molar-refractivity contribution in [1.82, 2.24) is 9.13 Å². The molecule has 0 spiro atoms. The summed E-state index contributed by atoms with van der Waals surface area (Å²) in [4.78, 5) is 0. The van der Waals surface area contributed by atoms with Crippen LogP contribution in [0.4, 0.5) is 0 Å². The number of hydrogen-bond donors (Lipinski definition) is 0. The highest BCUT2D eigenvalue weighted by molar-refractivity contribution is 5.94. The van der Waals surface area contributed by atoms with E-state index in [4.69, 9.17) is 0 Å². The number of hydrogen-bond acceptors (Lipinski definition) is 0. The maximum atomic E-state index is 2.68. The zero-order valence-corrected chi connectivity index (χ0v) is 31.9. The topological polar surface area (TPSA) is 9.86 Å². The molecule has 0 saturated heterocycles. The van der Waals surface area contributed by atoms with E-state index in [1.54, 1.807) is 5.56 Å². The van der Waals surface area contributed by atoms with Gasteiger partial charge in [0.25, 0.3) is 0 Å². The van der Waals surface area contributed by atoms with E-state index in [1.165, 1.54) is 96.2 Å². The summed E-state index contributed by atoms with van der Waals surface area (Å²) >= 11 is 0. The zero-order valence-electron chi connectivity index (χ0n) is 31.9. The number of benzene rings is 6. The summed E-state index contributed by atoms with van der Waals surface area (Å²) in [6.07, 6.45) is 16.5. The Bertz CT molecular complexity index is 2800. The first-order valence-corrected chi connectivity index (χ1v) is 20.7. The standard InChI is InChI=1S/C54H46N2/c1-4-15-37(16-5-1)43-32-44(38-17-6-2-7-18-38)34-46(33-43)56-52-26-13-11-24-48(52)50-36-42(28-30-54(50)56)40-20-14-19-39(31-40)41-27-29-53-49(35-41)47-23-10-12-25-51(47)55(53)45-21-8-3-9-22-45/h1-9,13-22,26-31,33,35-36,44,46H,10-12,23-25,32,34H2. The summed E-state index contributed by atoms with van der Waals surface area (Å²) in [7, 11) is 0. The lowest BCUT2D eigenvalue weighted by Crippen LogP contribution is -2.18. The van der Waals surface area contributed by atoms with Gasteiger partial charge in [-0.25, -0.2) is 0 Å². The van der Waals surface area contributed by atoms with E-state index in [1.807, 2.05) is 0 Å². The van der Waals surface area contributed by atoms with Gasteiger partial charge in [-0.2, -0.15) is 0 Å². The van der Waals surface area contributed by atoms with E-state index in [-0.39, 0.29) is 6.04 Å². The molecule has 0 fully saturated rings. The number of rotatable bonds is 6. The van der Waals surface area contributed by atoms with Crippen LogP contribution in [0.3, 0.4) is 0 Å². The maximum absolute atomic E-state index is 2.68. The van der Waals surface area contributed by atoms with Crippen molar-refractivity contribution in [3.05, 3.63) is 197 Å². The molecule has 6 aromatic carbocycles. The van der Waals surface area contributed by atoms with Crippen molar-refractivity contribution >= 4 is 33.5 Å². The molecule has 0 amide bonds. The summed E-state index contributed by atoms with van der Waals surface area (Å²) in [5, 5.41) is 2.81. The van der Waals surface area contributed by atoms with Crippen molar-refractivity contribution in [2.75, 3.05) is 0 Å². The van der Waals surface area contributed by atoms with Crippen LogP contribution in [0.25, 0.3) is 61.4 Å². The molecule has 2 atom stereocenters. The average Bonchev–Trinajstić information content (AvgIpc) is 3.79. The van der Waals surface area contributed by atoms with Crippen LogP contribution < -0.4 is 0 Å². The van der Waals surface area contributed by atoms with Crippen molar-refractivity contribution in [2.45, 2.75) is 63.3 Å². The van der Waals surface area contributed by atoms with Gasteiger partial charge >= 0.3 is 0 Å². The molecule has 56 heavy (non-hydrogen) atoms. The third kappa shape index (κ3) is 5.70. The fourth-order valence-corrected chi connectivity index (χ4v) is 10.3. The SMILES string of the molecule is C1=Cc2c(c3cc(-c4cccc(-c5ccc6c(c5)c5c(n6-c6ccccc6)CCCC5)c4)ccc3n2C2C=C(c3ccccc3)CC(c3ccccc3)C2)CC1. The van der Waals surface area contributed by atoms with Crippen molar-refractivity contribution in [1.29, 1.82) is 0 Å². The van der Waals surface area contributed by atoms with Crippen molar-refractivity contribution in [3.63, 3.8) is 0 Å². The second kappa shape index (κ2) is 13.9. The lowest BCUT2D eigenvalue weighted by molar-refractivity contribution is 0.483. The monoisotopic (exact) mass is 722 g/mol. The second-order valence-corrected chi connectivity index (χ2v) is 16.2. The minimum atomic E-state index is 0.268. The van der Waals surface area contributed by atoms with E-state index in [0.717, 1.165) is 38.5 Å². The van der Waals surface area contributed by atoms with Gasteiger partial charge in [0.2, 0.25) is 0 Å². The molecule has 0 radical (unpaired) electrons. The van der Waals surface area contributed by atoms with Gasteiger partial charge in [0, 0.05) is 33.4 Å². The Morgan fingerprint density at radius 3 is 1.93 bits per heavy atom. The number of fused-ring (bicyclic) bond motifs is 6. The molecule has 11 rings (SSSR count). The summed E-state index contributed by atoms with van der Waals surface area (Å²) < 4.78 is 5.20. The molecule has 272 valence electrons. The number of aromatic nitrogens is 2. The normalized spacial score (nSPS) is 17.8. The predicted molar refractivity (Wildman–Crippen MR) is 236 cm³/mol. The van der Waals surface area contributed by atoms with Gasteiger partial charge in [-0.05, 0) is 156 Å². The molecule has 0 bridgehead atoms. The summed E-state index contributed by atoms with van der Waals surface area (Å²) in [6, 6.07) is 57.1. The van der Waals surface area contributed by atoms with E-state index >= 15 is 0 Å². The van der Waals surface area contributed by atoms with Gasteiger partial charge in [-0.1, -0.05) is 121 Å². The second-order valence-electron chi connectivity index (χ2n) is 16.2. The summed E-state index contributed by atoms with van der Waals surface area (Å²) in [5.41, 5.74) is 19.2. The van der Waals surface area contributed by atoms with Gasteiger partial charge in [-0.3, -0.25) is 0 Å². The predicted octanol–water partition coefficient (Wildman–Crippen LogP) is 14.0. The van der Waals surface area contributed by atoms with Crippen LogP contribution in [0, 0.1) is 0 Å². The molecule has 2 heterocycles. The van der Waals surface area contributed by atoms with Crippen molar-refractivity contribution in [2.24, 2.45) is 0 Å².